The van der Waals surface area contributed by atoms with Crippen molar-refractivity contribution in [3.8, 4) is 22.5 Å². The standard InChI is InChI=1S/C20H15N3O2/c1-25-20(24)16-9-3-2-8-15(16)13-6-4-7-14(12-13)18-22-17-10-5-11-21-19(17)23-18/h2-12H,1H3,(H,21,22,23). The first kappa shape index (κ1) is 15.1. The minimum atomic E-state index is -0.353. The Morgan fingerprint density at radius 3 is 2.68 bits per heavy atom. The molecule has 2 aromatic carbocycles. The van der Waals surface area contributed by atoms with Gasteiger partial charge in [-0.1, -0.05) is 36.4 Å². The van der Waals surface area contributed by atoms with Crippen molar-refractivity contribution in [1.29, 1.82) is 0 Å². The fourth-order valence-electron chi connectivity index (χ4n) is 2.84. The van der Waals surface area contributed by atoms with Crippen LogP contribution in [0.15, 0.2) is 66.9 Å². The Bertz CT molecular complexity index is 1040. The summed E-state index contributed by atoms with van der Waals surface area (Å²) in [6, 6.07) is 19.1. The summed E-state index contributed by atoms with van der Waals surface area (Å²) >= 11 is 0. The van der Waals surface area contributed by atoms with Crippen LogP contribution in [0.25, 0.3) is 33.7 Å². The average molecular weight is 329 g/mol. The molecule has 5 heteroatoms. The average Bonchev–Trinajstić information content (AvgIpc) is 3.12. The van der Waals surface area contributed by atoms with Gasteiger partial charge in [0, 0.05) is 11.8 Å². The number of benzene rings is 2. The van der Waals surface area contributed by atoms with Gasteiger partial charge in [0.05, 0.1) is 18.2 Å². The number of nitrogens with one attached hydrogen (secondary N) is 1. The first-order chi connectivity index (χ1) is 12.3. The quantitative estimate of drug-likeness (QED) is 0.575. The lowest BCUT2D eigenvalue weighted by atomic mass is 9.98. The number of rotatable bonds is 3. The molecule has 0 aliphatic carbocycles. The zero-order chi connectivity index (χ0) is 17.2. The molecule has 5 nitrogen and oxygen atoms in total. The number of ether oxygens (including phenoxy) is 1. The maximum absolute atomic E-state index is 12.0. The summed E-state index contributed by atoms with van der Waals surface area (Å²) in [4.78, 5) is 24.1. The van der Waals surface area contributed by atoms with Crippen molar-refractivity contribution in [2.45, 2.75) is 0 Å². The van der Waals surface area contributed by atoms with Crippen molar-refractivity contribution in [3.05, 3.63) is 72.4 Å². The Hall–Kier alpha value is -3.47. The number of hydrogen-bond donors (Lipinski definition) is 1. The van der Waals surface area contributed by atoms with Gasteiger partial charge in [0.1, 0.15) is 5.82 Å². The number of pyridine rings is 1. The molecular formula is C20H15N3O2. The molecule has 0 unspecified atom stereocenters. The van der Waals surface area contributed by atoms with Crippen LogP contribution in [-0.2, 0) is 4.74 Å². The number of hydrogen-bond acceptors (Lipinski definition) is 4. The Labute approximate surface area is 144 Å². The van der Waals surface area contributed by atoms with Crippen molar-refractivity contribution in [2.24, 2.45) is 0 Å². The second-order valence-corrected chi connectivity index (χ2v) is 5.58. The monoisotopic (exact) mass is 329 g/mol. The van der Waals surface area contributed by atoms with E-state index in [9.17, 15) is 4.79 Å². The molecule has 0 saturated carbocycles. The molecule has 2 heterocycles. The summed E-state index contributed by atoms with van der Waals surface area (Å²) < 4.78 is 4.89. The van der Waals surface area contributed by atoms with E-state index in [0.717, 1.165) is 28.0 Å². The first-order valence-corrected chi connectivity index (χ1v) is 7.85. The number of aromatic amines is 1. The van der Waals surface area contributed by atoms with E-state index in [1.165, 1.54) is 7.11 Å². The third kappa shape index (κ3) is 2.76. The van der Waals surface area contributed by atoms with E-state index >= 15 is 0 Å². The SMILES string of the molecule is COC(=O)c1ccccc1-c1cccc(-c2nc3ncccc3[nH]2)c1. The molecule has 0 bridgehead atoms. The molecule has 4 rings (SSSR count). The zero-order valence-corrected chi connectivity index (χ0v) is 13.6. The van der Waals surface area contributed by atoms with Crippen molar-refractivity contribution < 1.29 is 9.53 Å². The molecule has 0 saturated heterocycles. The highest BCUT2D eigenvalue weighted by molar-refractivity contribution is 5.97. The first-order valence-electron chi connectivity index (χ1n) is 7.85. The number of esters is 1. The Morgan fingerprint density at radius 2 is 1.84 bits per heavy atom. The predicted octanol–water partition coefficient (Wildman–Crippen LogP) is 4.08. The minimum Gasteiger partial charge on any atom is -0.465 e. The Kier molecular flexibility index (Phi) is 3.74. The number of carbonyl (C=O) groups is 1. The van der Waals surface area contributed by atoms with E-state index in [2.05, 4.69) is 15.0 Å². The number of H-pyrrole nitrogens is 1. The normalized spacial score (nSPS) is 10.8. The van der Waals surface area contributed by atoms with Gasteiger partial charge in [-0.25, -0.2) is 14.8 Å². The number of aromatic nitrogens is 3. The Balaban J connectivity index is 1.82. The zero-order valence-electron chi connectivity index (χ0n) is 13.6. The van der Waals surface area contributed by atoms with Crippen LogP contribution >= 0.6 is 0 Å². The van der Waals surface area contributed by atoms with Crippen LogP contribution in [-0.4, -0.2) is 28.0 Å². The predicted molar refractivity (Wildman–Crippen MR) is 96.1 cm³/mol. The summed E-state index contributed by atoms with van der Waals surface area (Å²) in [5, 5.41) is 0. The molecule has 0 aliphatic heterocycles. The summed E-state index contributed by atoms with van der Waals surface area (Å²) in [7, 11) is 1.39. The number of fused-ring (bicyclic) bond motifs is 1. The van der Waals surface area contributed by atoms with Crippen molar-refractivity contribution in [3.63, 3.8) is 0 Å². The molecule has 122 valence electrons. The summed E-state index contributed by atoms with van der Waals surface area (Å²) in [6.45, 7) is 0. The van der Waals surface area contributed by atoms with Gasteiger partial charge in [-0.2, -0.15) is 0 Å². The third-order valence-electron chi connectivity index (χ3n) is 4.04. The molecule has 0 aliphatic rings. The Morgan fingerprint density at radius 1 is 1.00 bits per heavy atom. The van der Waals surface area contributed by atoms with E-state index in [-0.39, 0.29) is 5.97 Å². The summed E-state index contributed by atoms with van der Waals surface area (Å²) in [6.07, 6.45) is 1.72. The maximum Gasteiger partial charge on any atom is 0.338 e. The lowest BCUT2D eigenvalue weighted by Gasteiger charge is -2.09. The van der Waals surface area contributed by atoms with Crippen LogP contribution in [0.4, 0.5) is 0 Å². The highest BCUT2D eigenvalue weighted by Crippen LogP contribution is 2.28. The molecule has 0 fully saturated rings. The largest absolute Gasteiger partial charge is 0.465 e. The van der Waals surface area contributed by atoms with E-state index in [0.29, 0.717) is 11.2 Å². The van der Waals surface area contributed by atoms with Gasteiger partial charge in [0.25, 0.3) is 0 Å². The number of imidazole rings is 1. The smallest absolute Gasteiger partial charge is 0.338 e. The molecule has 0 spiro atoms. The molecule has 1 N–H and O–H groups in total. The second-order valence-electron chi connectivity index (χ2n) is 5.58. The van der Waals surface area contributed by atoms with Gasteiger partial charge in [-0.15, -0.1) is 0 Å². The summed E-state index contributed by atoms with van der Waals surface area (Å²) in [5.41, 5.74) is 4.77. The molecule has 0 atom stereocenters. The summed E-state index contributed by atoms with van der Waals surface area (Å²) in [5.74, 6) is 0.389. The van der Waals surface area contributed by atoms with Crippen LogP contribution in [0.3, 0.4) is 0 Å². The number of methoxy groups -OCH3 is 1. The number of carbonyl (C=O) groups excluding carboxylic acids is 1. The molecule has 25 heavy (non-hydrogen) atoms. The highest BCUT2D eigenvalue weighted by Gasteiger charge is 2.13. The van der Waals surface area contributed by atoms with Crippen LogP contribution in [0.1, 0.15) is 10.4 Å². The van der Waals surface area contributed by atoms with Crippen LogP contribution in [0.2, 0.25) is 0 Å². The molecule has 2 aromatic heterocycles. The molecule has 0 amide bonds. The van der Waals surface area contributed by atoms with E-state index < -0.39 is 0 Å². The lowest BCUT2D eigenvalue weighted by Crippen LogP contribution is -2.03. The fourth-order valence-corrected chi connectivity index (χ4v) is 2.84. The van der Waals surface area contributed by atoms with Gasteiger partial charge in [-0.3, -0.25) is 0 Å². The maximum atomic E-state index is 12.0. The van der Waals surface area contributed by atoms with Crippen LogP contribution in [0.5, 0.6) is 0 Å². The van der Waals surface area contributed by atoms with Crippen LogP contribution in [0, 0.1) is 0 Å². The van der Waals surface area contributed by atoms with Crippen molar-refractivity contribution in [1.82, 2.24) is 15.0 Å². The van der Waals surface area contributed by atoms with Crippen LogP contribution < -0.4 is 0 Å². The lowest BCUT2D eigenvalue weighted by molar-refractivity contribution is 0.0601. The topological polar surface area (TPSA) is 67.9 Å². The van der Waals surface area contributed by atoms with Gasteiger partial charge in [-0.05, 0) is 35.4 Å². The van der Waals surface area contributed by atoms with Crippen molar-refractivity contribution in [2.75, 3.05) is 7.11 Å². The fraction of sp³-hybridized carbons (Fsp3) is 0.0500. The second kappa shape index (κ2) is 6.20. The third-order valence-corrected chi connectivity index (χ3v) is 4.04. The minimum absolute atomic E-state index is 0.353. The van der Waals surface area contributed by atoms with Gasteiger partial charge >= 0.3 is 5.97 Å². The number of nitrogens with zero attached hydrogens (tertiary/aromatic N) is 2. The molecule has 0 radical (unpaired) electrons. The van der Waals surface area contributed by atoms with E-state index in [1.54, 1.807) is 12.3 Å². The highest BCUT2D eigenvalue weighted by atomic mass is 16.5. The van der Waals surface area contributed by atoms with E-state index in [4.69, 9.17) is 4.74 Å². The van der Waals surface area contributed by atoms with Gasteiger partial charge in [0.2, 0.25) is 0 Å². The van der Waals surface area contributed by atoms with Crippen molar-refractivity contribution >= 4 is 17.1 Å². The van der Waals surface area contributed by atoms with E-state index in [1.807, 2.05) is 54.6 Å². The van der Waals surface area contributed by atoms with Gasteiger partial charge in [0.15, 0.2) is 5.65 Å². The molecular weight excluding hydrogens is 314 g/mol. The molecule has 4 aromatic rings. The van der Waals surface area contributed by atoms with Gasteiger partial charge < -0.3 is 9.72 Å².